The van der Waals surface area contributed by atoms with E-state index in [2.05, 4.69) is 0 Å². The highest BCUT2D eigenvalue weighted by molar-refractivity contribution is 5.58. The monoisotopic (exact) mass is 257 g/mol. The molecule has 1 aliphatic heterocycles. The zero-order valence-corrected chi connectivity index (χ0v) is 10.5. The van der Waals surface area contributed by atoms with Crippen molar-refractivity contribution in [2.24, 2.45) is 0 Å². The summed E-state index contributed by atoms with van der Waals surface area (Å²) in [5.41, 5.74) is 7.54. The summed E-state index contributed by atoms with van der Waals surface area (Å²) in [7, 11) is 0. The molecule has 0 aromatic heterocycles. The molecule has 2 aromatic rings. The van der Waals surface area contributed by atoms with Gasteiger partial charge in [-0.1, -0.05) is 18.2 Å². The molecule has 4 nitrogen and oxygen atoms in total. The Morgan fingerprint density at radius 3 is 2.42 bits per heavy atom. The first-order valence-corrected chi connectivity index (χ1v) is 6.19. The molecule has 0 amide bonds. The summed E-state index contributed by atoms with van der Waals surface area (Å²) in [4.78, 5) is 0. The Labute approximate surface area is 111 Å². The summed E-state index contributed by atoms with van der Waals surface area (Å²) in [5.74, 6) is 2.25. The van der Waals surface area contributed by atoms with E-state index < -0.39 is 0 Å². The smallest absolute Gasteiger partial charge is 0.163 e. The quantitative estimate of drug-likeness (QED) is 0.859. The van der Waals surface area contributed by atoms with Crippen molar-refractivity contribution in [1.82, 2.24) is 0 Å². The minimum atomic E-state index is 0.409. The number of anilines is 1. The van der Waals surface area contributed by atoms with Gasteiger partial charge in [0.25, 0.3) is 0 Å². The van der Waals surface area contributed by atoms with Crippen LogP contribution in [0.5, 0.6) is 17.2 Å². The van der Waals surface area contributed by atoms with Gasteiger partial charge in [0.2, 0.25) is 0 Å². The molecule has 2 aromatic carbocycles. The molecular weight excluding hydrogens is 242 g/mol. The van der Waals surface area contributed by atoms with Crippen LogP contribution in [0.25, 0.3) is 0 Å². The number of nitrogens with two attached hydrogens (primary N) is 1. The van der Waals surface area contributed by atoms with Crippen molar-refractivity contribution >= 4 is 5.69 Å². The van der Waals surface area contributed by atoms with Crippen molar-refractivity contribution in [3.05, 3.63) is 48.0 Å². The highest BCUT2D eigenvalue weighted by Crippen LogP contribution is 2.34. The third-order valence-electron chi connectivity index (χ3n) is 2.94. The standard InChI is InChI=1S/C15H15NO3/c16-13-9-15-14(17-6-7-18-15)8-11(13)10-19-12-4-2-1-3-5-12/h1-5,8-9H,6-7,10,16H2. The SMILES string of the molecule is Nc1cc2c(cc1COc1ccccc1)OCCO2. The average molecular weight is 257 g/mol. The fourth-order valence-corrected chi connectivity index (χ4v) is 1.95. The number of benzene rings is 2. The van der Waals surface area contributed by atoms with Gasteiger partial charge < -0.3 is 19.9 Å². The van der Waals surface area contributed by atoms with Crippen molar-refractivity contribution < 1.29 is 14.2 Å². The van der Waals surface area contributed by atoms with Crippen LogP contribution in [0.3, 0.4) is 0 Å². The molecule has 0 saturated carbocycles. The van der Waals surface area contributed by atoms with Crippen LogP contribution in [0.1, 0.15) is 5.56 Å². The zero-order chi connectivity index (χ0) is 13.1. The van der Waals surface area contributed by atoms with Gasteiger partial charge in [-0.3, -0.25) is 0 Å². The summed E-state index contributed by atoms with van der Waals surface area (Å²) in [6.07, 6.45) is 0. The molecule has 0 atom stereocenters. The number of fused-ring (bicyclic) bond motifs is 1. The van der Waals surface area contributed by atoms with Crippen LogP contribution < -0.4 is 19.9 Å². The number of hydrogen-bond acceptors (Lipinski definition) is 4. The minimum Gasteiger partial charge on any atom is -0.489 e. The summed E-state index contributed by atoms with van der Waals surface area (Å²) >= 11 is 0. The number of rotatable bonds is 3. The molecule has 0 radical (unpaired) electrons. The summed E-state index contributed by atoms with van der Waals surface area (Å²) < 4.78 is 16.7. The lowest BCUT2D eigenvalue weighted by atomic mass is 10.1. The Balaban J connectivity index is 1.77. The van der Waals surface area contributed by atoms with Gasteiger partial charge in [-0.2, -0.15) is 0 Å². The molecule has 2 N–H and O–H groups in total. The number of nitrogen functional groups attached to an aromatic ring is 1. The van der Waals surface area contributed by atoms with E-state index in [-0.39, 0.29) is 0 Å². The van der Waals surface area contributed by atoms with E-state index in [1.165, 1.54) is 0 Å². The molecule has 3 rings (SSSR count). The van der Waals surface area contributed by atoms with Crippen molar-refractivity contribution in [3.63, 3.8) is 0 Å². The first kappa shape index (κ1) is 11.7. The van der Waals surface area contributed by atoms with E-state index >= 15 is 0 Å². The third kappa shape index (κ3) is 2.57. The molecule has 0 fully saturated rings. The van der Waals surface area contributed by atoms with Crippen molar-refractivity contribution in [2.45, 2.75) is 6.61 Å². The highest BCUT2D eigenvalue weighted by atomic mass is 16.6. The Morgan fingerprint density at radius 1 is 1.00 bits per heavy atom. The number of ether oxygens (including phenoxy) is 3. The molecule has 1 aliphatic rings. The Bertz CT molecular complexity index is 569. The number of hydrogen-bond donors (Lipinski definition) is 1. The maximum absolute atomic E-state index is 5.99. The van der Waals surface area contributed by atoms with E-state index in [0.29, 0.717) is 31.3 Å². The van der Waals surface area contributed by atoms with Gasteiger partial charge in [0.05, 0.1) is 0 Å². The van der Waals surface area contributed by atoms with Crippen LogP contribution in [0, 0.1) is 0 Å². The topological polar surface area (TPSA) is 53.7 Å². The van der Waals surface area contributed by atoms with Crippen LogP contribution in [0.2, 0.25) is 0 Å². The van der Waals surface area contributed by atoms with Gasteiger partial charge in [-0.25, -0.2) is 0 Å². The van der Waals surface area contributed by atoms with Crippen molar-refractivity contribution in [2.75, 3.05) is 18.9 Å². The fraction of sp³-hybridized carbons (Fsp3) is 0.200. The van der Waals surface area contributed by atoms with Crippen molar-refractivity contribution in [3.8, 4) is 17.2 Å². The van der Waals surface area contributed by atoms with Crippen LogP contribution in [0.15, 0.2) is 42.5 Å². The summed E-state index contributed by atoms with van der Waals surface area (Å²) in [6.45, 7) is 1.54. The summed E-state index contributed by atoms with van der Waals surface area (Å²) in [6, 6.07) is 13.3. The second-order valence-corrected chi connectivity index (χ2v) is 4.30. The van der Waals surface area contributed by atoms with E-state index in [1.54, 1.807) is 6.07 Å². The van der Waals surface area contributed by atoms with Gasteiger partial charge in [0, 0.05) is 17.3 Å². The first-order valence-electron chi connectivity index (χ1n) is 6.19. The van der Waals surface area contributed by atoms with Gasteiger partial charge in [0.15, 0.2) is 11.5 Å². The maximum atomic E-state index is 5.99. The molecule has 0 spiro atoms. The third-order valence-corrected chi connectivity index (χ3v) is 2.94. The molecular formula is C15H15NO3. The Kier molecular flexibility index (Phi) is 3.14. The van der Waals surface area contributed by atoms with E-state index in [4.69, 9.17) is 19.9 Å². The lowest BCUT2D eigenvalue weighted by Gasteiger charge is -2.20. The molecule has 0 bridgehead atoms. The predicted octanol–water partition coefficient (Wildman–Crippen LogP) is 2.62. The predicted molar refractivity (Wildman–Crippen MR) is 72.6 cm³/mol. The van der Waals surface area contributed by atoms with Crippen LogP contribution in [-0.2, 0) is 6.61 Å². The van der Waals surface area contributed by atoms with Crippen LogP contribution in [0.4, 0.5) is 5.69 Å². The lowest BCUT2D eigenvalue weighted by Crippen LogP contribution is -2.16. The van der Waals surface area contributed by atoms with Gasteiger partial charge in [0.1, 0.15) is 25.6 Å². The normalized spacial score (nSPS) is 13.1. The molecule has 4 heteroatoms. The van der Waals surface area contributed by atoms with Crippen LogP contribution in [-0.4, -0.2) is 13.2 Å². The average Bonchev–Trinajstić information content (AvgIpc) is 2.46. The second-order valence-electron chi connectivity index (χ2n) is 4.30. The van der Waals surface area contributed by atoms with Gasteiger partial charge >= 0.3 is 0 Å². The molecule has 0 aliphatic carbocycles. The van der Waals surface area contributed by atoms with Gasteiger partial charge in [-0.05, 0) is 18.2 Å². The Morgan fingerprint density at radius 2 is 1.68 bits per heavy atom. The molecule has 0 saturated heterocycles. The van der Waals surface area contributed by atoms with Crippen LogP contribution >= 0.6 is 0 Å². The lowest BCUT2D eigenvalue weighted by molar-refractivity contribution is 0.171. The van der Waals surface area contributed by atoms with Crippen molar-refractivity contribution in [1.29, 1.82) is 0 Å². The first-order chi connectivity index (χ1) is 9.33. The van der Waals surface area contributed by atoms with Gasteiger partial charge in [-0.15, -0.1) is 0 Å². The molecule has 19 heavy (non-hydrogen) atoms. The zero-order valence-electron chi connectivity index (χ0n) is 10.5. The van der Waals surface area contributed by atoms with E-state index in [1.807, 2.05) is 36.4 Å². The molecule has 1 heterocycles. The Hall–Kier alpha value is -2.36. The fourth-order valence-electron chi connectivity index (χ4n) is 1.95. The summed E-state index contributed by atoms with van der Waals surface area (Å²) in [5, 5.41) is 0. The highest BCUT2D eigenvalue weighted by Gasteiger charge is 2.14. The van der Waals surface area contributed by atoms with E-state index in [9.17, 15) is 0 Å². The largest absolute Gasteiger partial charge is 0.489 e. The minimum absolute atomic E-state index is 0.409. The van der Waals surface area contributed by atoms with E-state index in [0.717, 1.165) is 17.1 Å². The molecule has 98 valence electrons. The molecule has 0 unspecified atom stereocenters. The number of para-hydroxylation sites is 1. The maximum Gasteiger partial charge on any atom is 0.163 e. The second kappa shape index (κ2) is 5.10.